The first-order chi connectivity index (χ1) is 24.8. The third-order valence-electron chi connectivity index (χ3n) is 11.8. The highest BCUT2D eigenvalue weighted by Gasteiger charge is 2.24. The van der Waals surface area contributed by atoms with Gasteiger partial charge in [0.25, 0.3) is 0 Å². The minimum Gasteiger partial charge on any atom is -0.356 e. The smallest absolute Gasteiger partial charge is 0.101 e. The summed E-state index contributed by atoms with van der Waals surface area (Å²) >= 11 is 0. The molecule has 0 spiro atoms. The molecule has 298 valence electrons. The molecule has 2 heteroatoms. The average molecular weight is 701 g/mol. The largest absolute Gasteiger partial charge is 0.356 e. The van der Waals surface area contributed by atoms with Crippen molar-refractivity contribution >= 4 is 0 Å². The van der Waals surface area contributed by atoms with Crippen LogP contribution in [0.1, 0.15) is 278 Å². The van der Waals surface area contributed by atoms with E-state index in [0.717, 1.165) is 0 Å². The van der Waals surface area contributed by atoms with Gasteiger partial charge < -0.3 is 9.80 Å². The minimum atomic E-state index is 0.637. The normalized spacial score (nSPS) is 13.4. The Morgan fingerprint density at radius 3 is 0.700 bits per heavy atom. The third kappa shape index (κ3) is 30.9. The summed E-state index contributed by atoms with van der Waals surface area (Å²) < 4.78 is 0. The van der Waals surface area contributed by atoms with Gasteiger partial charge >= 0.3 is 0 Å². The lowest BCUT2D eigenvalue weighted by atomic mass is 10.0. The summed E-state index contributed by atoms with van der Waals surface area (Å²) in [6, 6.07) is 0. The summed E-state index contributed by atoms with van der Waals surface area (Å²) in [5, 5.41) is 0. The molecule has 1 heterocycles. The first kappa shape index (κ1) is 47.4. The fourth-order valence-electron chi connectivity index (χ4n) is 8.31. The van der Waals surface area contributed by atoms with E-state index in [1.807, 2.05) is 0 Å². The van der Waals surface area contributed by atoms with Crippen molar-refractivity contribution in [1.29, 1.82) is 0 Å². The van der Waals surface area contributed by atoms with Crippen LogP contribution in [0.3, 0.4) is 0 Å². The SMILES string of the molecule is CCCCCCCCCCCCCCCCCCCC1N(CCCCCCCCCCCCC)C=CN1CCCCCCCCCCCCC. The van der Waals surface area contributed by atoms with Gasteiger partial charge in [-0.25, -0.2) is 0 Å². The molecule has 0 N–H and O–H groups in total. The standard InChI is InChI=1S/C48H96N2/c1-4-7-10-13-16-19-22-23-24-25-26-27-28-31-34-37-40-43-48-49(44-41-38-35-32-29-20-17-14-11-8-5-2)46-47-50(48)45-42-39-36-33-30-21-18-15-12-9-6-3/h46-48H,4-45H2,1-3H3. The second-order valence-electron chi connectivity index (χ2n) is 16.8. The summed E-state index contributed by atoms with van der Waals surface area (Å²) in [5.74, 6) is 0. The molecule has 0 aliphatic carbocycles. The molecular formula is C48H96N2. The van der Waals surface area contributed by atoms with Crippen LogP contribution in [-0.4, -0.2) is 29.1 Å². The van der Waals surface area contributed by atoms with Gasteiger partial charge in [0.2, 0.25) is 0 Å². The third-order valence-corrected chi connectivity index (χ3v) is 11.8. The highest BCUT2D eigenvalue weighted by atomic mass is 15.4. The number of unbranched alkanes of at least 4 members (excludes halogenated alkanes) is 36. The van der Waals surface area contributed by atoms with Gasteiger partial charge in [0, 0.05) is 25.5 Å². The monoisotopic (exact) mass is 701 g/mol. The van der Waals surface area contributed by atoms with Crippen molar-refractivity contribution in [1.82, 2.24) is 9.80 Å². The Kier molecular flexibility index (Phi) is 37.5. The van der Waals surface area contributed by atoms with Crippen LogP contribution in [0.25, 0.3) is 0 Å². The highest BCUT2D eigenvalue weighted by molar-refractivity contribution is 4.97. The van der Waals surface area contributed by atoms with E-state index in [0.29, 0.717) is 6.17 Å². The zero-order chi connectivity index (χ0) is 35.8. The van der Waals surface area contributed by atoms with Crippen molar-refractivity contribution in [2.75, 3.05) is 13.1 Å². The molecule has 0 aromatic carbocycles. The van der Waals surface area contributed by atoms with E-state index in [2.05, 4.69) is 43.0 Å². The van der Waals surface area contributed by atoms with Gasteiger partial charge in [-0.1, -0.05) is 252 Å². The van der Waals surface area contributed by atoms with Crippen molar-refractivity contribution < 1.29 is 0 Å². The molecule has 0 fully saturated rings. The van der Waals surface area contributed by atoms with E-state index < -0.39 is 0 Å². The van der Waals surface area contributed by atoms with Crippen molar-refractivity contribution in [3.05, 3.63) is 12.4 Å². The quantitative estimate of drug-likeness (QED) is 0.0585. The summed E-state index contributed by atoms with van der Waals surface area (Å²) in [6.07, 6.45) is 63.4. The predicted octanol–water partition coefficient (Wildman–Crippen LogP) is 17.1. The van der Waals surface area contributed by atoms with Gasteiger partial charge in [0.15, 0.2) is 0 Å². The Morgan fingerprint density at radius 2 is 0.460 bits per heavy atom. The van der Waals surface area contributed by atoms with Crippen molar-refractivity contribution in [2.45, 2.75) is 284 Å². The van der Waals surface area contributed by atoms with Crippen LogP contribution in [-0.2, 0) is 0 Å². The van der Waals surface area contributed by atoms with Gasteiger partial charge in [-0.3, -0.25) is 0 Å². The van der Waals surface area contributed by atoms with E-state index in [4.69, 9.17) is 0 Å². The van der Waals surface area contributed by atoms with Gasteiger partial charge in [0.1, 0.15) is 6.17 Å². The second-order valence-corrected chi connectivity index (χ2v) is 16.8. The molecule has 0 unspecified atom stereocenters. The van der Waals surface area contributed by atoms with Crippen LogP contribution in [0.5, 0.6) is 0 Å². The maximum atomic E-state index is 2.73. The first-order valence-electron chi connectivity index (χ1n) is 24.0. The Balaban J connectivity index is 2.18. The number of hydrogen-bond acceptors (Lipinski definition) is 2. The molecule has 1 aliphatic rings. The first-order valence-corrected chi connectivity index (χ1v) is 24.0. The lowest BCUT2D eigenvalue weighted by Gasteiger charge is -2.33. The maximum Gasteiger partial charge on any atom is 0.101 e. The second kappa shape index (κ2) is 39.5. The van der Waals surface area contributed by atoms with Crippen LogP contribution in [0.2, 0.25) is 0 Å². The predicted molar refractivity (Wildman–Crippen MR) is 228 cm³/mol. The molecule has 1 rings (SSSR count). The topological polar surface area (TPSA) is 6.48 Å². The summed E-state index contributed by atoms with van der Waals surface area (Å²) in [4.78, 5) is 5.47. The fraction of sp³-hybridized carbons (Fsp3) is 0.958. The van der Waals surface area contributed by atoms with Crippen LogP contribution in [0.4, 0.5) is 0 Å². The van der Waals surface area contributed by atoms with E-state index in [1.54, 1.807) is 0 Å². The Labute approximate surface area is 318 Å². The molecule has 0 radical (unpaired) electrons. The average Bonchev–Trinajstić information content (AvgIpc) is 3.51. The van der Waals surface area contributed by atoms with E-state index in [9.17, 15) is 0 Å². The molecule has 0 aromatic heterocycles. The van der Waals surface area contributed by atoms with Crippen molar-refractivity contribution in [2.24, 2.45) is 0 Å². The molecule has 0 saturated carbocycles. The number of hydrogen-bond donors (Lipinski definition) is 0. The Hall–Kier alpha value is -0.660. The minimum absolute atomic E-state index is 0.637. The van der Waals surface area contributed by atoms with Gasteiger partial charge in [-0.05, 0) is 25.7 Å². The molecule has 0 saturated heterocycles. The Bertz CT molecular complexity index is 623. The van der Waals surface area contributed by atoms with Gasteiger partial charge in [-0.2, -0.15) is 0 Å². The molecule has 0 atom stereocenters. The number of nitrogens with zero attached hydrogens (tertiary/aromatic N) is 2. The van der Waals surface area contributed by atoms with E-state index >= 15 is 0 Å². The zero-order valence-corrected chi connectivity index (χ0v) is 35.3. The van der Waals surface area contributed by atoms with Crippen LogP contribution < -0.4 is 0 Å². The number of rotatable bonds is 42. The van der Waals surface area contributed by atoms with Crippen LogP contribution >= 0.6 is 0 Å². The lowest BCUT2D eigenvalue weighted by Crippen LogP contribution is -2.39. The summed E-state index contributed by atoms with van der Waals surface area (Å²) in [6.45, 7) is 9.49. The molecule has 2 nitrogen and oxygen atoms in total. The summed E-state index contributed by atoms with van der Waals surface area (Å²) in [7, 11) is 0. The van der Waals surface area contributed by atoms with E-state index in [1.165, 1.54) is 270 Å². The van der Waals surface area contributed by atoms with Crippen molar-refractivity contribution in [3.63, 3.8) is 0 Å². The highest BCUT2D eigenvalue weighted by Crippen LogP contribution is 2.24. The van der Waals surface area contributed by atoms with Crippen LogP contribution in [0, 0.1) is 0 Å². The van der Waals surface area contributed by atoms with Crippen LogP contribution in [0.15, 0.2) is 12.4 Å². The van der Waals surface area contributed by atoms with Gasteiger partial charge in [0.05, 0.1) is 0 Å². The molecule has 0 amide bonds. The molecule has 1 aliphatic heterocycles. The molecule has 0 aromatic rings. The molecule has 0 bridgehead atoms. The zero-order valence-electron chi connectivity index (χ0n) is 35.3. The molecule has 50 heavy (non-hydrogen) atoms. The summed E-state index contributed by atoms with van der Waals surface area (Å²) in [5.41, 5.74) is 0. The van der Waals surface area contributed by atoms with E-state index in [-0.39, 0.29) is 0 Å². The fourth-order valence-corrected chi connectivity index (χ4v) is 8.31. The Morgan fingerprint density at radius 1 is 0.260 bits per heavy atom. The lowest BCUT2D eigenvalue weighted by molar-refractivity contribution is 0.135. The molecular weight excluding hydrogens is 605 g/mol. The van der Waals surface area contributed by atoms with Crippen molar-refractivity contribution in [3.8, 4) is 0 Å². The maximum absolute atomic E-state index is 2.73. The van der Waals surface area contributed by atoms with Gasteiger partial charge in [-0.15, -0.1) is 0 Å².